The summed E-state index contributed by atoms with van der Waals surface area (Å²) in [5.41, 5.74) is 3.76. The van der Waals surface area contributed by atoms with Crippen LogP contribution in [0.25, 0.3) is 0 Å². The number of rotatable bonds is 6. The number of nitrogens with zero attached hydrogens (tertiary/aromatic N) is 1. The van der Waals surface area contributed by atoms with Crippen molar-refractivity contribution in [3.63, 3.8) is 0 Å². The summed E-state index contributed by atoms with van der Waals surface area (Å²) < 4.78 is 5.70. The first-order valence-electron chi connectivity index (χ1n) is 8.44. The van der Waals surface area contributed by atoms with Crippen molar-refractivity contribution < 1.29 is 19.7 Å². The van der Waals surface area contributed by atoms with Crippen molar-refractivity contribution in [2.75, 3.05) is 0 Å². The van der Waals surface area contributed by atoms with Crippen LogP contribution in [0.15, 0.2) is 65.8 Å². The number of carbonyl (C=O) groups excluding carboxylic acids is 1. The van der Waals surface area contributed by atoms with Gasteiger partial charge >= 0.3 is 0 Å². The quantitative estimate of drug-likeness (QED) is 0.299. The number of benzene rings is 3. The molecule has 0 aliphatic carbocycles. The number of nitrogens with one attached hydrogen (secondary N) is 1. The SMILES string of the molecule is O=C(NN=Cc1ccc(OCc2ccc(Cl)cc2Cl)cc1)c1cc(O)ccc1O. The number of hydrogen-bond donors (Lipinski definition) is 3. The minimum absolute atomic E-state index is 0.0771. The van der Waals surface area contributed by atoms with Crippen LogP contribution in [0.2, 0.25) is 10.0 Å². The molecular formula is C21H16Cl2N2O4. The van der Waals surface area contributed by atoms with E-state index in [9.17, 15) is 15.0 Å². The highest BCUT2D eigenvalue weighted by molar-refractivity contribution is 6.35. The first-order valence-corrected chi connectivity index (χ1v) is 9.20. The lowest BCUT2D eigenvalue weighted by molar-refractivity contribution is 0.0952. The fourth-order valence-corrected chi connectivity index (χ4v) is 2.84. The van der Waals surface area contributed by atoms with Crippen molar-refractivity contribution in [2.24, 2.45) is 5.10 Å². The van der Waals surface area contributed by atoms with Gasteiger partial charge in [0.15, 0.2) is 0 Å². The van der Waals surface area contributed by atoms with Crippen molar-refractivity contribution in [2.45, 2.75) is 6.61 Å². The monoisotopic (exact) mass is 430 g/mol. The largest absolute Gasteiger partial charge is 0.508 e. The number of phenols is 2. The van der Waals surface area contributed by atoms with Gasteiger partial charge in [-0.15, -0.1) is 0 Å². The Morgan fingerprint density at radius 2 is 1.79 bits per heavy atom. The lowest BCUT2D eigenvalue weighted by Gasteiger charge is -2.08. The van der Waals surface area contributed by atoms with Gasteiger partial charge in [-0.3, -0.25) is 4.79 Å². The fourth-order valence-electron chi connectivity index (χ4n) is 2.38. The minimum Gasteiger partial charge on any atom is -0.508 e. The molecule has 3 N–H and O–H groups in total. The number of phenolic OH excluding ortho intramolecular Hbond substituents is 2. The van der Waals surface area contributed by atoms with Crippen LogP contribution in [0.1, 0.15) is 21.5 Å². The number of hydrazone groups is 1. The summed E-state index contributed by atoms with van der Waals surface area (Å²) in [4.78, 5) is 12.0. The first-order chi connectivity index (χ1) is 13.9. The summed E-state index contributed by atoms with van der Waals surface area (Å²) >= 11 is 12.0. The zero-order valence-electron chi connectivity index (χ0n) is 15.0. The van der Waals surface area contributed by atoms with E-state index in [4.69, 9.17) is 27.9 Å². The van der Waals surface area contributed by atoms with E-state index >= 15 is 0 Å². The normalized spacial score (nSPS) is 10.8. The Hall–Kier alpha value is -3.22. The van der Waals surface area contributed by atoms with Crippen LogP contribution in [-0.2, 0) is 6.61 Å². The molecule has 0 aliphatic rings. The summed E-state index contributed by atoms with van der Waals surface area (Å²) in [6.07, 6.45) is 1.44. The van der Waals surface area contributed by atoms with E-state index in [1.807, 2.05) is 0 Å². The molecular weight excluding hydrogens is 415 g/mol. The number of halogens is 2. The van der Waals surface area contributed by atoms with Crippen LogP contribution in [0.5, 0.6) is 17.2 Å². The van der Waals surface area contributed by atoms with Gasteiger partial charge in [0.05, 0.1) is 11.8 Å². The molecule has 0 heterocycles. The molecule has 0 saturated carbocycles. The van der Waals surface area contributed by atoms with E-state index in [0.717, 1.165) is 17.2 Å². The van der Waals surface area contributed by atoms with Gasteiger partial charge in [0.25, 0.3) is 5.91 Å². The average Bonchev–Trinajstić information content (AvgIpc) is 2.70. The van der Waals surface area contributed by atoms with Crippen molar-refractivity contribution in [1.29, 1.82) is 0 Å². The first kappa shape index (κ1) is 20.5. The standard InChI is InChI=1S/C21H16Cl2N2O4/c22-15-4-3-14(19(23)9-15)12-29-17-6-1-13(2-7-17)11-24-25-21(28)18-10-16(26)5-8-20(18)27/h1-11,26-27H,12H2,(H,25,28). The molecule has 3 aromatic rings. The van der Waals surface area contributed by atoms with Crippen LogP contribution < -0.4 is 10.2 Å². The minimum atomic E-state index is -0.644. The topological polar surface area (TPSA) is 91.2 Å². The molecule has 29 heavy (non-hydrogen) atoms. The average molecular weight is 431 g/mol. The summed E-state index contributed by atoms with van der Waals surface area (Å²) in [5, 5.41) is 24.0. The number of ether oxygens (including phenoxy) is 1. The molecule has 0 unspecified atom stereocenters. The van der Waals surface area contributed by atoms with Gasteiger partial charge < -0.3 is 14.9 Å². The van der Waals surface area contributed by atoms with E-state index in [-0.39, 0.29) is 17.1 Å². The zero-order valence-corrected chi connectivity index (χ0v) is 16.5. The lowest BCUT2D eigenvalue weighted by atomic mass is 10.2. The summed E-state index contributed by atoms with van der Waals surface area (Å²) in [5.74, 6) is -0.387. The van der Waals surface area contributed by atoms with Gasteiger partial charge in [0.1, 0.15) is 23.9 Å². The van der Waals surface area contributed by atoms with Crippen LogP contribution in [0, 0.1) is 0 Å². The smallest absolute Gasteiger partial charge is 0.275 e. The van der Waals surface area contributed by atoms with E-state index in [2.05, 4.69) is 10.5 Å². The van der Waals surface area contributed by atoms with Crippen molar-refractivity contribution >= 4 is 35.3 Å². The molecule has 3 rings (SSSR count). The highest BCUT2D eigenvalue weighted by Gasteiger charge is 2.11. The molecule has 0 bridgehead atoms. The third-order valence-corrected chi connectivity index (χ3v) is 4.48. The second-order valence-electron chi connectivity index (χ2n) is 5.99. The number of carbonyl (C=O) groups is 1. The van der Waals surface area contributed by atoms with Crippen LogP contribution in [0.4, 0.5) is 0 Å². The molecule has 6 nitrogen and oxygen atoms in total. The molecule has 0 saturated heterocycles. The molecule has 0 spiro atoms. The molecule has 0 fully saturated rings. The van der Waals surface area contributed by atoms with Crippen LogP contribution in [0.3, 0.4) is 0 Å². The van der Waals surface area contributed by atoms with E-state index in [0.29, 0.717) is 22.4 Å². The van der Waals surface area contributed by atoms with Gasteiger partial charge in [0, 0.05) is 15.6 Å². The van der Waals surface area contributed by atoms with Crippen LogP contribution >= 0.6 is 23.2 Å². The molecule has 0 aliphatic heterocycles. The second kappa shape index (κ2) is 9.32. The Kier molecular flexibility index (Phi) is 6.59. The maximum Gasteiger partial charge on any atom is 0.275 e. The maximum atomic E-state index is 12.0. The number of aromatic hydroxyl groups is 2. The van der Waals surface area contributed by atoms with Crippen molar-refractivity contribution in [1.82, 2.24) is 5.43 Å². The molecule has 1 amide bonds. The molecule has 148 valence electrons. The number of amides is 1. The third kappa shape index (κ3) is 5.63. The third-order valence-electron chi connectivity index (χ3n) is 3.89. The Balaban J connectivity index is 1.56. The molecule has 0 aromatic heterocycles. The van der Waals surface area contributed by atoms with E-state index in [1.165, 1.54) is 18.3 Å². The van der Waals surface area contributed by atoms with Gasteiger partial charge in [-0.2, -0.15) is 5.10 Å². The predicted octanol–water partition coefficient (Wildman–Crippen LogP) is 4.75. The van der Waals surface area contributed by atoms with Gasteiger partial charge in [-0.1, -0.05) is 29.3 Å². The lowest BCUT2D eigenvalue weighted by Crippen LogP contribution is -2.17. The van der Waals surface area contributed by atoms with E-state index in [1.54, 1.807) is 42.5 Å². The highest BCUT2D eigenvalue weighted by atomic mass is 35.5. The summed E-state index contributed by atoms with van der Waals surface area (Å²) in [6.45, 7) is 0.299. The number of hydrogen-bond acceptors (Lipinski definition) is 5. The molecule has 3 aromatic carbocycles. The van der Waals surface area contributed by atoms with E-state index < -0.39 is 5.91 Å². The second-order valence-corrected chi connectivity index (χ2v) is 6.84. The Labute approximate surface area is 177 Å². The van der Waals surface area contributed by atoms with Gasteiger partial charge in [0.2, 0.25) is 0 Å². The van der Waals surface area contributed by atoms with Crippen molar-refractivity contribution in [3.05, 3.63) is 87.4 Å². The molecule has 8 heteroatoms. The zero-order chi connectivity index (χ0) is 20.8. The summed E-state index contributed by atoms with van der Waals surface area (Å²) in [7, 11) is 0. The Morgan fingerprint density at radius 3 is 2.52 bits per heavy atom. The van der Waals surface area contributed by atoms with Gasteiger partial charge in [-0.05, 0) is 60.2 Å². The predicted molar refractivity (Wildman–Crippen MR) is 112 cm³/mol. The Morgan fingerprint density at radius 1 is 1.03 bits per heavy atom. The maximum absolute atomic E-state index is 12.0. The van der Waals surface area contributed by atoms with Crippen LogP contribution in [-0.4, -0.2) is 22.3 Å². The highest BCUT2D eigenvalue weighted by Crippen LogP contribution is 2.23. The van der Waals surface area contributed by atoms with Crippen molar-refractivity contribution in [3.8, 4) is 17.2 Å². The summed E-state index contributed by atoms with van der Waals surface area (Å²) in [6, 6.07) is 15.9. The Bertz CT molecular complexity index is 1050. The molecule has 0 radical (unpaired) electrons. The molecule has 0 atom stereocenters. The van der Waals surface area contributed by atoms with Gasteiger partial charge in [-0.25, -0.2) is 5.43 Å². The fraction of sp³-hybridized carbons (Fsp3) is 0.0476.